The van der Waals surface area contributed by atoms with E-state index in [1.807, 2.05) is 0 Å². The summed E-state index contributed by atoms with van der Waals surface area (Å²) < 4.78 is 32.1. The summed E-state index contributed by atoms with van der Waals surface area (Å²) in [5.74, 6) is -0.659. The van der Waals surface area contributed by atoms with E-state index in [0.717, 1.165) is 38.2 Å². The van der Waals surface area contributed by atoms with Crippen LogP contribution >= 0.6 is 0 Å². The Balaban J connectivity index is 1.76. The SMILES string of the molecule is CN(C(=O)COc1ccc(S(=O)(=O)N2CCCC2)cc1[N+](=O)[O-])C1(C#N)CCCCC1. The quantitative estimate of drug-likeness (QED) is 0.460. The minimum absolute atomic E-state index is 0.178. The van der Waals surface area contributed by atoms with E-state index < -0.39 is 38.7 Å². The molecule has 0 aromatic heterocycles. The highest BCUT2D eigenvalue weighted by Gasteiger charge is 2.39. The summed E-state index contributed by atoms with van der Waals surface area (Å²) in [6.07, 6.45) is 5.38. The van der Waals surface area contributed by atoms with Crippen LogP contribution in [0.5, 0.6) is 5.75 Å². The van der Waals surface area contributed by atoms with Crippen molar-refractivity contribution in [2.75, 3.05) is 26.7 Å². The molecule has 0 radical (unpaired) electrons. The number of ether oxygens (including phenoxy) is 1. The van der Waals surface area contributed by atoms with Crippen molar-refractivity contribution in [2.24, 2.45) is 0 Å². The van der Waals surface area contributed by atoms with Gasteiger partial charge < -0.3 is 9.64 Å². The third kappa shape index (κ3) is 4.65. The fourth-order valence-corrected chi connectivity index (χ4v) is 5.67. The van der Waals surface area contributed by atoms with Crippen LogP contribution in [0.15, 0.2) is 23.1 Å². The van der Waals surface area contributed by atoms with Gasteiger partial charge in [-0.25, -0.2) is 8.42 Å². The van der Waals surface area contributed by atoms with Crippen LogP contribution in [-0.2, 0) is 14.8 Å². The first kappa shape index (κ1) is 23.0. The van der Waals surface area contributed by atoms with E-state index in [2.05, 4.69) is 6.07 Å². The second-order valence-electron chi connectivity index (χ2n) is 7.94. The smallest absolute Gasteiger partial charge is 0.312 e. The van der Waals surface area contributed by atoms with Gasteiger partial charge in [-0.2, -0.15) is 9.57 Å². The lowest BCUT2D eigenvalue weighted by Gasteiger charge is -2.38. The van der Waals surface area contributed by atoms with Gasteiger partial charge in [0.1, 0.15) is 5.54 Å². The standard InChI is InChI=1S/C20H26N4O6S/c1-22(20(15-21)9-3-2-4-10-20)19(25)14-30-18-8-7-16(13-17(18)24(26)27)31(28,29)23-11-5-6-12-23/h7-8,13H,2-6,9-12,14H2,1H3. The van der Waals surface area contributed by atoms with Gasteiger partial charge in [-0.3, -0.25) is 14.9 Å². The molecule has 1 aliphatic heterocycles. The van der Waals surface area contributed by atoms with Crippen molar-refractivity contribution in [2.45, 2.75) is 55.4 Å². The van der Waals surface area contributed by atoms with Gasteiger partial charge in [0.15, 0.2) is 12.4 Å². The van der Waals surface area contributed by atoms with Crippen LogP contribution in [0.4, 0.5) is 5.69 Å². The number of carbonyl (C=O) groups is 1. The molecule has 1 aromatic rings. The normalized spacial score (nSPS) is 18.8. The number of hydrogen-bond donors (Lipinski definition) is 0. The van der Waals surface area contributed by atoms with Gasteiger partial charge in [-0.15, -0.1) is 0 Å². The molecule has 10 nitrogen and oxygen atoms in total. The van der Waals surface area contributed by atoms with Crippen LogP contribution in [0.2, 0.25) is 0 Å². The summed E-state index contributed by atoms with van der Waals surface area (Å²) in [6.45, 7) is 0.282. The van der Waals surface area contributed by atoms with Crippen molar-refractivity contribution in [3.8, 4) is 11.8 Å². The van der Waals surface area contributed by atoms with Crippen molar-refractivity contribution in [1.29, 1.82) is 5.26 Å². The lowest BCUT2D eigenvalue weighted by Crippen LogP contribution is -2.51. The minimum atomic E-state index is -3.82. The first-order chi connectivity index (χ1) is 14.7. The number of hydrogen-bond acceptors (Lipinski definition) is 7. The fourth-order valence-electron chi connectivity index (χ4n) is 4.13. The van der Waals surface area contributed by atoms with E-state index in [-0.39, 0.29) is 10.6 Å². The van der Waals surface area contributed by atoms with Crippen molar-refractivity contribution < 1.29 is 22.9 Å². The summed E-state index contributed by atoms with van der Waals surface area (Å²) in [7, 11) is -2.28. The summed E-state index contributed by atoms with van der Waals surface area (Å²) in [5, 5.41) is 21.1. The zero-order valence-corrected chi connectivity index (χ0v) is 18.3. The minimum Gasteiger partial charge on any atom is -0.477 e. The first-order valence-electron chi connectivity index (χ1n) is 10.3. The maximum Gasteiger partial charge on any atom is 0.312 e. The Morgan fingerprint density at radius 3 is 2.48 bits per heavy atom. The van der Waals surface area contributed by atoms with Crippen LogP contribution < -0.4 is 4.74 Å². The number of carbonyl (C=O) groups excluding carboxylic acids is 1. The second-order valence-corrected chi connectivity index (χ2v) is 9.88. The fraction of sp³-hybridized carbons (Fsp3) is 0.600. The third-order valence-corrected chi connectivity index (χ3v) is 7.98. The van der Waals surface area contributed by atoms with Gasteiger partial charge in [0.25, 0.3) is 5.91 Å². The Morgan fingerprint density at radius 1 is 1.26 bits per heavy atom. The highest BCUT2D eigenvalue weighted by Crippen LogP contribution is 2.34. The molecule has 3 rings (SSSR count). The molecule has 1 saturated carbocycles. The first-order valence-corrected chi connectivity index (χ1v) is 11.7. The summed E-state index contributed by atoms with van der Waals surface area (Å²) >= 11 is 0. The van der Waals surface area contributed by atoms with Crippen LogP contribution in [0, 0.1) is 21.4 Å². The highest BCUT2D eigenvalue weighted by molar-refractivity contribution is 7.89. The van der Waals surface area contributed by atoms with E-state index in [9.17, 15) is 28.6 Å². The Morgan fingerprint density at radius 2 is 1.90 bits per heavy atom. The zero-order valence-electron chi connectivity index (χ0n) is 17.4. The Bertz CT molecular complexity index is 991. The molecule has 1 aliphatic carbocycles. The van der Waals surface area contributed by atoms with E-state index in [0.29, 0.717) is 25.9 Å². The van der Waals surface area contributed by atoms with E-state index >= 15 is 0 Å². The third-order valence-electron chi connectivity index (χ3n) is 6.09. The highest BCUT2D eigenvalue weighted by atomic mass is 32.2. The van der Waals surface area contributed by atoms with Gasteiger partial charge >= 0.3 is 5.69 Å². The maximum absolute atomic E-state index is 12.7. The number of nitro benzene ring substituents is 1. The van der Waals surface area contributed by atoms with Crippen molar-refractivity contribution in [1.82, 2.24) is 9.21 Å². The predicted molar refractivity (Wildman–Crippen MR) is 111 cm³/mol. The Kier molecular flexibility index (Phi) is 6.81. The summed E-state index contributed by atoms with van der Waals surface area (Å²) in [5.41, 5.74) is -1.42. The molecule has 1 aromatic carbocycles. The van der Waals surface area contributed by atoms with Crippen LogP contribution in [-0.4, -0.2) is 60.7 Å². The summed E-state index contributed by atoms with van der Waals surface area (Å²) in [6, 6.07) is 5.67. The number of nitro groups is 1. The van der Waals surface area contributed by atoms with Crippen LogP contribution in [0.25, 0.3) is 0 Å². The number of nitrogens with zero attached hydrogens (tertiary/aromatic N) is 4. The molecule has 168 valence electrons. The number of rotatable bonds is 7. The lowest BCUT2D eigenvalue weighted by molar-refractivity contribution is -0.386. The van der Waals surface area contributed by atoms with Gasteiger partial charge in [0.05, 0.1) is 15.9 Å². The molecule has 11 heteroatoms. The molecule has 0 atom stereocenters. The topological polar surface area (TPSA) is 134 Å². The Labute approximate surface area is 181 Å². The molecule has 0 bridgehead atoms. The largest absolute Gasteiger partial charge is 0.477 e. The van der Waals surface area contributed by atoms with E-state index in [1.54, 1.807) is 7.05 Å². The van der Waals surface area contributed by atoms with E-state index in [4.69, 9.17) is 4.74 Å². The molecule has 1 saturated heterocycles. The zero-order chi connectivity index (χ0) is 22.6. The maximum atomic E-state index is 12.7. The van der Waals surface area contributed by atoms with Gasteiger partial charge in [0, 0.05) is 26.2 Å². The van der Waals surface area contributed by atoms with Crippen LogP contribution in [0.1, 0.15) is 44.9 Å². The predicted octanol–water partition coefficient (Wildman–Crippen LogP) is 2.44. The molecular formula is C20H26N4O6S. The number of amides is 1. The molecular weight excluding hydrogens is 424 g/mol. The molecule has 0 spiro atoms. The Hall–Kier alpha value is -2.71. The van der Waals surface area contributed by atoms with Gasteiger partial charge in [0.2, 0.25) is 10.0 Å². The van der Waals surface area contributed by atoms with Crippen molar-refractivity contribution in [3.63, 3.8) is 0 Å². The molecule has 0 unspecified atom stereocenters. The molecule has 2 fully saturated rings. The lowest BCUT2D eigenvalue weighted by atomic mass is 9.81. The number of nitriles is 1. The number of likely N-dealkylation sites (N-methyl/N-ethyl adjacent to an activating group) is 1. The monoisotopic (exact) mass is 450 g/mol. The van der Waals surface area contributed by atoms with Gasteiger partial charge in [-0.1, -0.05) is 19.3 Å². The average molecular weight is 451 g/mol. The molecule has 1 heterocycles. The molecule has 31 heavy (non-hydrogen) atoms. The van der Waals surface area contributed by atoms with Gasteiger partial charge in [-0.05, 0) is 37.8 Å². The van der Waals surface area contributed by atoms with Crippen molar-refractivity contribution >= 4 is 21.6 Å². The van der Waals surface area contributed by atoms with E-state index in [1.165, 1.54) is 21.3 Å². The van der Waals surface area contributed by atoms with Crippen LogP contribution in [0.3, 0.4) is 0 Å². The number of benzene rings is 1. The summed E-state index contributed by atoms with van der Waals surface area (Å²) in [4.78, 5) is 24.6. The molecule has 2 aliphatic rings. The number of sulfonamides is 1. The molecule has 1 amide bonds. The molecule has 0 N–H and O–H groups in total. The second kappa shape index (κ2) is 9.20. The van der Waals surface area contributed by atoms with Crippen molar-refractivity contribution in [3.05, 3.63) is 28.3 Å². The average Bonchev–Trinajstić information content (AvgIpc) is 3.33.